The van der Waals surface area contributed by atoms with E-state index in [2.05, 4.69) is 47.6 Å². The Bertz CT molecular complexity index is 653. The standard InChI is InChI=1S/C28H48O2/c1-17(2)18(3)7-8-19(4)22-9-10-23-26-24(12-14-28(22,23)6)27(5)13-11-21(29)15-20(27)16-25(26)30/h16-19,21-26,29-30H,7-15H2,1-6H3/t18-,19-,21+,22-,23+,24+,25-,26+,27+,28-/m1/s1. The third-order valence-corrected chi connectivity index (χ3v) is 11.1. The van der Waals surface area contributed by atoms with E-state index in [1.807, 2.05) is 0 Å². The minimum atomic E-state index is -0.303. The van der Waals surface area contributed by atoms with Gasteiger partial charge in [0.05, 0.1) is 12.2 Å². The molecule has 0 aromatic rings. The number of aliphatic hydroxyl groups excluding tert-OH is 2. The van der Waals surface area contributed by atoms with Crippen LogP contribution in [0.25, 0.3) is 0 Å². The first kappa shape index (κ1) is 22.8. The fourth-order valence-electron chi connectivity index (χ4n) is 8.67. The average molecular weight is 417 g/mol. The average Bonchev–Trinajstić information content (AvgIpc) is 3.04. The summed E-state index contributed by atoms with van der Waals surface area (Å²) in [6.45, 7) is 14.7. The second-order valence-corrected chi connectivity index (χ2v) is 12.8. The van der Waals surface area contributed by atoms with E-state index in [1.165, 1.54) is 44.1 Å². The van der Waals surface area contributed by atoms with Crippen molar-refractivity contribution < 1.29 is 10.2 Å². The molecule has 0 bridgehead atoms. The van der Waals surface area contributed by atoms with Crippen LogP contribution in [0.15, 0.2) is 11.6 Å². The van der Waals surface area contributed by atoms with Crippen molar-refractivity contribution >= 4 is 0 Å². The van der Waals surface area contributed by atoms with Crippen LogP contribution in [0.4, 0.5) is 0 Å². The normalized spacial score (nSPS) is 47.8. The number of aliphatic hydroxyl groups is 2. The van der Waals surface area contributed by atoms with Gasteiger partial charge in [0.15, 0.2) is 0 Å². The highest BCUT2D eigenvalue weighted by atomic mass is 16.3. The first-order valence-corrected chi connectivity index (χ1v) is 13.1. The minimum absolute atomic E-state index is 0.202. The zero-order valence-corrected chi connectivity index (χ0v) is 20.5. The summed E-state index contributed by atoms with van der Waals surface area (Å²) in [5.41, 5.74) is 1.98. The van der Waals surface area contributed by atoms with Gasteiger partial charge in [0.2, 0.25) is 0 Å². The molecule has 3 fully saturated rings. The summed E-state index contributed by atoms with van der Waals surface area (Å²) in [7, 11) is 0. The van der Waals surface area contributed by atoms with Crippen LogP contribution < -0.4 is 0 Å². The first-order valence-electron chi connectivity index (χ1n) is 13.1. The van der Waals surface area contributed by atoms with Crippen molar-refractivity contribution in [1.29, 1.82) is 0 Å². The van der Waals surface area contributed by atoms with Crippen LogP contribution >= 0.6 is 0 Å². The third kappa shape index (κ3) is 3.62. The van der Waals surface area contributed by atoms with Gasteiger partial charge in [0, 0.05) is 0 Å². The fraction of sp³-hybridized carbons (Fsp3) is 0.929. The highest BCUT2D eigenvalue weighted by Crippen LogP contribution is 2.67. The van der Waals surface area contributed by atoms with Gasteiger partial charge in [-0.25, -0.2) is 0 Å². The molecule has 172 valence electrons. The van der Waals surface area contributed by atoms with Crippen LogP contribution in [-0.2, 0) is 0 Å². The van der Waals surface area contributed by atoms with Crippen molar-refractivity contribution in [3.05, 3.63) is 11.6 Å². The predicted molar refractivity (Wildman–Crippen MR) is 125 cm³/mol. The number of hydrogen-bond donors (Lipinski definition) is 2. The molecule has 0 amide bonds. The number of fused-ring (bicyclic) bond motifs is 5. The highest BCUT2D eigenvalue weighted by Gasteiger charge is 2.61. The molecule has 0 unspecified atom stereocenters. The van der Waals surface area contributed by atoms with E-state index in [9.17, 15) is 10.2 Å². The summed E-state index contributed by atoms with van der Waals surface area (Å²) in [4.78, 5) is 0. The van der Waals surface area contributed by atoms with E-state index in [0.29, 0.717) is 23.2 Å². The Morgan fingerprint density at radius 2 is 1.67 bits per heavy atom. The van der Waals surface area contributed by atoms with Crippen molar-refractivity contribution in [2.75, 3.05) is 0 Å². The van der Waals surface area contributed by atoms with Gasteiger partial charge >= 0.3 is 0 Å². The van der Waals surface area contributed by atoms with Crippen molar-refractivity contribution in [3.8, 4) is 0 Å². The van der Waals surface area contributed by atoms with Crippen LogP contribution in [-0.4, -0.2) is 22.4 Å². The third-order valence-electron chi connectivity index (χ3n) is 11.1. The predicted octanol–water partition coefficient (Wildman–Crippen LogP) is 6.61. The summed E-state index contributed by atoms with van der Waals surface area (Å²) in [5, 5.41) is 21.5. The van der Waals surface area contributed by atoms with Crippen LogP contribution in [0.5, 0.6) is 0 Å². The van der Waals surface area contributed by atoms with Gasteiger partial charge in [0.25, 0.3) is 0 Å². The van der Waals surface area contributed by atoms with Gasteiger partial charge in [-0.1, -0.05) is 66.0 Å². The molecule has 0 radical (unpaired) electrons. The second-order valence-electron chi connectivity index (χ2n) is 12.8. The van der Waals surface area contributed by atoms with E-state index in [4.69, 9.17) is 0 Å². The van der Waals surface area contributed by atoms with E-state index < -0.39 is 0 Å². The summed E-state index contributed by atoms with van der Waals surface area (Å²) < 4.78 is 0. The van der Waals surface area contributed by atoms with Crippen LogP contribution in [0, 0.1) is 52.3 Å². The molecule has 0 aromatic carbocycles. The largest absolute Gasteiger partial charge is 0.393 e. The summed E-state index contributed by atoms with van der Waals surface area (Å²) >= 11 is 0. The lowest BCUT2D eigenvalue weighted by Gasteiger charge is -2.59. The Morgan fingerprint density at radius 3 is 2.37 bits per heavy atom. The second kappa shape index (κ2) is 8.22. The summed E-state index contributed by atoms with van der Waals surface area (Å²) in [6, 6.07) is 0. The molecule has 0 spiro atoms. The van der Waals surface area contributed by atoms with Crippen LogP contribution in [0.1, 0.15) is 99.3 Å². The van der Waals surface area contributed by atoms with Crippen molar-refractivity contribution in [2.45, 2.75) is 112 Å². The molecule has 0 saturated heterocycles. The zero-order valence-electron chi connectivity index (χ0n) is 20.5. The van der Waals surface area contributed by atoms with Gasteiger partial charge in [-0.15, -0.1) is 0 Å². The summed E-state index contributed by atoms with van der Waals surface area (Å²) in [6.07, 6.45) is 12.5. The Hall–Kier alpha value is -0.340. The molecule has 10 atom stereocenters. The highest BCUT2D eigenvalue weighted by molar-refractivity contribution is 5.27. The molecule has 4 aliphatic carbocycles. The minimum Gasteiger partial charge on any atom is -0.393 e. The zero-order chi connectivity index (χ0) is 21.8. The quantitative estimate of drug-likeness (QED) is 0.495. The molecular weight excluding hydrogens is 368 g/mol. The van der Waals surface area contributed by atoms with E-state index in [0.717, 1.165) is 42.9 Å². The fourth-order valence-corrected chi connectivity index (χ4v) is 8.67. The Balaban J connectivity index is 1.53. The van der Waals surface area contributed by atoms with Crippen LogP contribution in [0.3, 0.4) is 0 Å². The molecule has 2 heteroatoms. The van der Waals surface area contributed by atoms with Gasteiger partial charge in [-0.05, 0) is 97.2 Å². The lowest BCUT2D eigenvalue weighted by Crippen LogP contribution is -2.54. The molecule has 2 nitrogen and oxygen atoms in total. The number of hydrogen-bond acceptors (Lipinski definition) is 2. The maximum absolute atomic E-state index is 11.3. The smallest absolute Gasteiger partial charge is 0.0757 e. The lowest BCUT2D eigenvalue weighted by atomic mass is 9.46. The molecule has 0 aromatic heterocycles. The molecule has 3 saturated carbocycles. The molecule has 0 heterocycles. The Kier molecular flexibility index (Phi) is 6.26. The molecule has 30 heavy (non-hydrogen) atoms. The van der Waals surface area contributed by atoms with E-state index in [1.54, 1.807) is 0 Å². The maximum Gasteiger partial charge on any atom is 0.0757 e. The van der Waals surface area contributed by atoms with Gasteiger partial charge in [0.1, 0.15) is 0 Å². The SMILES string of the molecule is CC(C)[C@H](C)CC[C@@H](C)[C@H]1CC[C@H]2[C@@H]3[C@H](O)C=C4C[C@@H](O)CC[C@]4(C)[C@H]3CC[C@]12C. The monoisotopic (exact) mass is 416 g/mol. The van der Waals surface area contributed by atoms with Gasteiger partial charge < -0.3 is 10.2 Å². The number of rotatable bonds is 5. The van der Waals surface area contributed by atoms with Crippen molar-refractivity contribution in [3.63, 3.8) is 0 Å². The molecule has 4 aliphatic rings. The molecule has 0 aliphatic heterocycles. The van der Waals surface area contributed by atoms with E-state index >= 15 is 0 Å². The topological polar surface area (TPSA) is 40.5 Å². The molecule has 4 rings (SSSR count). The van der Waals surface area contributed by atoms with Crippen molar-refractivity contribution in [2.24, 2.45) is 52.3 Å². The molecular formula is C28H48O2. The van der Waals surface area contributed by atoms with Crippen molar-refractivity contribution in [1.82, 2.24) is 0 Å². The van der Waals surface area contributed by atoms with Gasteiger partial charge in [-0.2, -0.15) is 0 Å². The summed E-state index contributed by atoms with van der Waals surface area (Å²) in [5.74, 6) is 4.92. The van der Waals surface area contributed by atoms with E-state index in [-0.39, 0.29) is 17.6 Å². The Labute approximate surface area is 185 Å². The molecule has 2 N–H and O–H groups in total. The lowest BCUT2D eigenvalue weighted by molar-refractivity contribution is -0.0971. The maximum atomic E-state index is 11.3. The van der Waals surface area contributed by atoms with Crippen LogP contribution in [0.2, 0.25) is 0 Å². The van der Waals surface area contributed by atoms with Gasteiger partial charge in [-0.3, -0.25) is 0 Å². The first-order chi connectivity index (χ1) is 14.1. The Morgan fingerprint density at radius 1 is 0.933 bits per heavy atom.